The van der Waals surface area contributed by atoms with Crippen LogP contribution in [0.25, 0.3) is 0 Å². The van der Waals surface area contributed by atoms with Crippen molar-refractivity contribution in [3.05, 3.63) is 47.8 Å². The quantitative estimate of drug-likeness (QED) is 0.301. The van der Waals surface area contributed by atoms with E-state index in [1.807, 2.05) is 37.3 Å². The minimum Gasteiger partial charge on any atom is -0.572 e. The third kappa shape index (κ3) is 2.81. The highest BCUT2D eigenvalue weighted by atomic mass is 16.4. The molecule has 1 aliphatic carbocycles. The van der Waals surface area contributed by atoms with Crippen molar-refractivity contribution in [2.75, 3.05) is 0 Å². The highest BCUT2D eigenvalue weighted by molar-refractivity contribution is 6.15. The molecule has 0 aromatic carbocycles. The van der Waals surface area contributed by atoms with Crippen LogP contribution in [0.3, 0.4) is 0 Å². The van der Waals surface area contributed by atoms with Crippen LogP contribution in [0, 0.1) is 0 Å². The van der Waals surface area contributed by atoms with Gasteiger partial charge in [0.05, 0.1) is 11.8 Å². The van der Waals surface area contributed by atoms with Crippen LogP contribution in [-0.2, 0) is 4.65 Å². The van der Waals surface area contributed by atoms with Gasteiger partial charge in [-0.2, -0.15) is 0 Å². The largest absolute Gasteiger partial charge is 0.572 e. The van der Waals surface area contributed by atoms with Gasteiger partial charge in [-0.05, 0) is 23.6 Å². The third-order valence-corrected chi connectivity index (χ3v) is 1.86. The van der Waals surface area contributed by atoms with Gasteiger partial charge < -0.3 is 4.65 Å². The van der Waals surface area contributed by atoms with Crippen molar-refractivity contribution in [3.8, 4) is 0 Å². The van der Waals surface area contributed by atoms with E-state index in [4.69, 9.17) is 13.5 Å². The molecule has 0 saturated heterocycles. The second-order valence-corrected chi connectivity index (χ2v) is 2.81. The summed E-state index contributed by atoms with van der Waals surface area (Å²) in [6.45, 7) is 1.94. The fourth-order valence-electron chi connectivity index (χ4n) is 1.28. The SMILES string of the molecule is [B]O/C=C1/C(/C=C/C)=CC=CC1=NC=[NH2+]. The maximum absolute atomic E-state index is 5.25. The van der Waals surface area contributed by atoms with Gasteiger partial charge >= 0.3 is 8.05 Å². The topological polar surface area (TPSA) is 47.2 Å². The Morgan fingerprint density at radius 2 is 2.33 bits per heavy atom. The van der Waals surface area contributed by atoms with Gasteiger partial charge in [0.25, 0.3) is 6.34 Å². The van der Waals surface area contributed by atoms with E-state index in [1.54, 1.807) is 0 Å². The molecule has 1 aliphatic rings. The summed E-state index contributed by atoms with van der Waals surface area (Å²) in [4.78, 5) is 4.02. The van der Waals surface area contributed by atoms with E-state index >= 15 is 0 Å². The molecule has 2 radical (unpaired) electrons. The Morgan fingerprint density at radius 3 is 2.93 bits per heavy atom. The Hall–Kier alpha value is -1.84. The van der Waals surface area contributed by atoms with E-state index in [-0.39, 0.29) is 0 Å². The number of nitrogens with two attached hydrogens (primary N) is 1. The molecule has 0 atom stereocenters. The fourth-order valence-corrected chi connectivity index (χ4v) is 1.28. The van der Waals surface area contributed by atoms with Crippen molar-refractivity contribution >= 4 is 20.1 Å². The van der Waals surface area contributed by atoms with E-state index in [0.717, 1.165) is 16.9 Å². The predicted molar refractivity (Wildman–Crippen MR) is 62.4 cm³/mol. The van der Waals surface area contributed by atoms with Gasteiger partial charge in [-0.25, -0.2) is 0 Å². The van der Waals surface area contributed by atoms with E-state index in [0.29, 0.717) is 0 Å². The third-order valence-electron chi connectivity index (χ3n) is 1.86. The molecule has 0 heterocycles. The molecule has 74 valence electrons. The Kier molecular flexibility index (Phi) is 4.35. The minimum absolute atomic E-state index is 0.721. The summed E-state index contributed by atoms with van der Waals surface area (Å²) in [5.74, 6) is 0. The lowest BCUT2D eigenvalue weighted by molar-refractivity contribution is -0.106. The van der Waals surface area contributed by atoms with Gasteiger partial charge in [0.15, 0.2) is 5.71 Å². The summed E-state index contributed by atoms with van der Waals surface area (Å²) in [5.41, 5.74) is 2.50. The predicted octanol–water partition coefficient (Wildman–Crippen LogP) is 0.271. The van der Waals surface area contributed by atoms with Crippen molar-refractivity contribution in [1.29, 1.82) is 0 Å². The first kappa shape index (κ1) is 11.2. The van der Waals surface area contributed by atoms with Crippen LogP contribution in [0.2, 0.25) is 0 Å². The summed E-state index contributed by atoms with van der Waals surface area (Å²) < 4.78 is 4.53. The van der Waals surface area contributed by atoms with Crippen molar-refractivity contribution in [3.63, 3.8) is 0 Å². The van der Waals surface area contributed by atoms with Crippen LogP contribution in [0.15, 0.2) is 52.8 Å². The molecule has 4 heteroatoms. The van der Waals surface area contributed by atoms with Crippen LogP contribution in [0.5, 0.6) is 0 Å². The van der Waals surface area contributed by atoms with Crippen molar-refractivity contribution < 1.29 is 10.1 Å². The van der Waals surface area contributed by atoms with Crippen molar-refractivity contribution in [2.45, 2.75) is 6.92 Å². The molecule has 0 spiro atoms. The van der Waals surface area contributed by atoms with Crippen molar-refractivity contribution in [1.82, 2.24) is 0 Å². The number of aliphatic imine (C=N–C) groups is 1. The van der Waals surface area contributed by atoms with Crippen LogP contribution in [-0.4, -0.2) is 20.1 Å². The van der Waals surface area contributed by atoms with Gasteiger partial charge in [-0.1, -0.05) is 24.3 Å². The Labute approximate surface area is 90.5 Å². The highest BCUT2D eigenvalue weighted by Gasteiger charge is 2.15. The summed E-state index contributed by atoms with van der Waals surface area (Å²) in [6.07, 6.45) is 12.2. The van der Waals surface area contributed by atoms with Crippen LogP contribution in [0.4, 0.5) is 0 Å². The van der Waals surface area contributed by atoms with Gasteiger partial charge in [-0.15, -0.1) is 0 Å². The lowest BCUT2D eigenvalue weighted by Gasteiger charge is -2.08. The molecule has 0 saturated carbocycles. The maximum Gasteiger partial charge on any atom is 0.373 e. The number of nitrogens with zero attached hydrogens (tertiary/aromatic N) is 1. The summed E-state index contributed by atoms with van der Waals surface area (Å²) >= 11 is 0. The van der Waals surface area contributed by atoms with Gasteiger partial charge in [0.2, 0.25) is 0 Å². The molecule has 3 nitrogen and oxygen atoms in total. The first-order valence-corrected chi connectivity index (χ1v) is 4.52. The van der Waals surface area contributed by atoms with Gasteiger partial charge in [0, 0.05) is 0 Å². The molecule has 0 bridgehead atoms. The molecule has 15 heavy (non-hydrogen) atoms. The average molecular weight is 199 g/mol. The number of allylic oxidation sites excluding steroid dienone is 7. The second-order valence-electron chi connectivity index (χ2n) is 2.81. The Balaban J connectivity index is 3.14. The molecule has 0 unspecified atom stereocenters. The maximum atomic E-state index is 5.25. The van der Waals surface area contributed by atoms with E-state index in [1.165, 1.54) is 12.6 Å². The van der Waals surface area contributed by atoms with Crippen LogP contribution in [0.1, 0.15) is 6.92 Å². The molecule has 0 aromatic rings. The second kappa shape index (κ2) is 5.80. The summed E-state index contributed by atoms with van der Waals surface area (Å²) in [7, 11) is 5.03. The lowest BCUT2D eigenvalue weighted by Crippen LogP contribution is -2.29. The fraction of sp³-hybridized carbons (Fsp3) is 0.0909. The summed E-state index contributed by atoms with van der Waals surface area (Å²) in [5, 5.41) is 5.25. The molecule has 0 amide bonds. The zero-order valence-corrected chi connectivity index (χ0v) is 8.55. The van der Waals surface area contributed by atoms with E-state index in [2.05, 4.69) is 9.65 Å². The van der Waals surface area contributed by atoms with Crippen molar-refractivity contribution in [2.24, 2.45) is 4.99 Å². The van der Waals surface area contributed by atoms with Gasteiger partial charge in [0.1, 0.15) is 0 Å². The van der Waals surface area contributed by atoms with E-state index < -0.39 is 0 Å². The molecule has 1 rings (SSSR count). The van der Waals surface area contributed by atoms with Crippen LogP contribution < -0.4 is 5.41 Å². The standard InChI is InChI=1S/C11H11BN2O/c1-2-4-9-5-3-6-11(14-8-13)10(9)7-15-12/h2-8,13H,1H3/p+1/b4-2+,10-7-,13-8?,14-11?. The summed E-state index contributed by atoms with van der Waals surface area (Å²) in [6, 6.07) is 0. The smallest absolute Gasteiger partial charge is 0.373 e. The Bertz CT molecular complexity index is 389. The number of hydrogen-bond acceptors (Lipinski definition) is 1. The highest BCUT2D eigenvalue weighted by Crippen LogP contribution is 2.18. The number of hydrogen-bond donors (Lipinski definition) is 1. The number of rotatable bonds is 3. The van der Waals surface area contributed by atoms with Crippen LogP contribution >= 0.6 is 0 Å². The zero-order valence-electron chi connectivity index (χ0n) is 8.55. The zero-order chi connectivity index (χ0) is 11.1. The molecular formula is C11H12BN2O+. The molecule has 2 N–H and O–H groups in total. The first-order chi connectivity index (χ1) is 7.33. The molecule has 0 aromatic heterocycles. The Morgan fingerprint density at radius 1 is 1.53 bits per heavy atom. The normalized spacial score (nSPS) is 21.0. The van der Waals surface area contributed by atoms with E-state index in [9.17, 15) is 0 Å². The molecule has 0 aliphatic heterocycles. The molecular weight excluding hydrogens is 187 g/mol. The minimum atomic E-state index is 0.721. The lowest BCUT2D eigenvalue weighted by atomic mass is 9.97. The van der Waals surface area contributed by atoms with Gasteiger partial charge in [-0.3, -0.25) is 5.41 Å². The average Bonchev–Trinajstić information content (AvgIpc) is 2.23. The monoisotopic (exact) mass is 199 g/mol. The first-order valence-electron chi connectivity index (χ1n) is 4.52. The molecule has 0 fully saturated rings.